The minimum absolute atomic E-state index is 0.0442. The molecule has 0 aliphatic carbocycles. The SMILES string of the molecule is CCC(P)(c1ccccc1)c1ccccc1.[Cl][Pd]. The van der Waals surface area contributed by atoms with Crippen LogP contribution < -0.4 is 0 Å². The zero-order valence-electron chi connectivity index (χ0n) is 10.3. The van der Waals surface area contributed by atoms with Crippen LogP contribution in [0.1, 0.15) is 24.5 Å². The molecule has 2 rings (SSSR count). The fraction of sp³-hybridized carbons (Fsp3) is 0.200. The van der Waals surface area contributed by atoms with E-state index in [2.05, 4.69) is 105 Å². The van der Waals surface area contributed by atoms with Crippen molar-refractivity contribution in [3.63, 3.8) is 0 Å². The maximum absolute atomic E-state index is 4.49. The molecule has 0 radical (unpaired) electrons. The summed E-state index contributed by atoms with van der Waals surface area (Å²) < 4.78 is 0. The van der Waals surface area contributed by atoms with Crippen LogP contribution in [0.3, 0.4) is 0 Å². The van der Waals surface area contributed by atoms with Gasteiger partial charge in [0.05, 0.1) is 0 Å². The molecule has 0 nitrogen and oxygen atoms in total. The van der Waals surface area contributed by atoms with E-state index in [1.807, 2.05) is 0 Å². The van der Waals surface area contributed by atoms with Gasteiger partial charge in [-0.05, 0) is 17.5 Å². The maximum atomic E-state index is 4.49. The minimum atomic E-state index is 0.0442. The molecule has 0 spiro atoms. The van der Waals surface area contributed by atoms with Crippen molar-refractivity contribution in [2.45, 2.75) is 18.5 Å². The Bertz CT molecular complexity index is 405. The molecule has 1 atom stereocenters. The van der Waals surface area contributed by atoms with E-state index in [0.717, 1.165) is 6.42 Å². The summed E-state index contributed by atoms with van der Waals surface area (Å²) in [4.78, 5) is 0. The van der Waals surface area contributed by atoms with Gasteiger partial charge in [0.2, 0.25) is 0 Å². The van der Waals surface area contributed by atoms with E-state index in [0.29, 0.717) is 0 Å². The molecule has 0 bridgehead atoms. The molecule has 0 aromatic heterocycles. The van der Waals surface area contributed by atoms with E-state index in [-0.39, 0.29) is 5.16 Å². The van der Waals surface area contributed by atoms with Crippen LogP contribution in [0.4, 0.5) is 0 Å². The van der Waals surface area contributed by atoms with Crippen LogP contribution in [0.15, 0.2) is 60.7 Å². The van der Waals surface area contributed by atoms with E-state index in [1.165, 1.54) is 11.1 Å². The Morgan fingerprint density at radius 2 is 1.22 bits per heavy atom. The molecule has 1 unspecified atom stereocenters. The first-order chi connectivity index (χ1) is 8.77. The van der Waals surface area contributed by atoms with Crippen LogP contribution in [-0.2, 0) is 23.3 Å². The number of halogens is 1. The summed E-state index contributed by atoms with van der Waals surface area (Å²) in [6.45, 7) is 2.23. The van der Waals surface area contributed by atoms with Gasteiger partial charge in [0.1, 0.15) is 0 Å². The third kappa shape index (κ3) is 3.66. The predicted molar refractivity (Wildman–Crippen MR) is 79.5 cm³/mol. The normalized spacial score (nSPS) is 10.5. The van der Waals surface area contributed by atoms with Crippen molar-refractivity contribution in [1.82, 2.24) is 0 Å². The molecule has 0 aliphatic heterocycles. The van der Waals surface area contributed by atoms with Gasteiger partial charge in [0, 0.05) is 5.16 Å². The molecular weight excluding hydrogens is 353 g/mol. The molecule has 0 amide bonds. The first-order valence-corrected chi connectivity index (χ1v) is 8.37. The van der Waals surface area contributed by atoms with Crippen molar-refractivity contribution in [3.05, 3.63) is 71.8 Å². The third-order valence-electron chi connectivity index (χ3n) is 3.14. The fourth-order valence-corrected chi connectivity index (χ4v) is 2.43. The quantitative estimate of drug-likeness (QED) is 0.533. The van der Waals surface area contributed by atoms with Gasteiger partial charge in [-0.3, -0.25) is 0 Å². The van der Waals surface area contributed by atoms with E-state index < -0.39 is 0 Å². The fourth-order valence-electron chi connectivity index (χ4n) is 2.05. The summed E-state index contributed by atoms with van der Waals surface area (Å²) in [5, 5.41) is 0.0442. The Balaban J connectivity index is 0.000000771. The first-order valence-electron chi connectivity index (χ1n) is 5.79. The molecule has 2 aromatic carbocycles. The zero-order chi connectivity index (χ0) is 13.4. The number of benzene rings is 2. The molecular formula is C15H17ClPPd. The van der Waals surface area contributed by atoms with Gasteiger partial charge in [-0.2, -0.15) is 0 Å². The molecule has 0 aliphatic rings. The van der Waals surface area contributed by atoms with Crippen molar-refractivity contribution < 1.29 is 18.2 Å². The Kier molecular flexibility index (Phi) is 7.13. The first kappa shape index (κ1) is 15.9. The van der Waals surface area contributed by atoms with Gasteiger partial charge < -0.3 is 0 Å². The van der Waals surface area contributed by atoms with Crippen LogP contribution in [0.5, 0.6) is 0 Å². The number of hydrogen-bond donors (Lipinski definition) is 0. The molecule has 99 valence electrons. The molecule has 0 saturated heterocycles. The van der Waals surface area contributed by atoms with Crippen molar-refractivity contribution in [2.24, 2.45) is 0 Å². The van der Waals surface area contributed by atoms with E-state index in [9.17, 15) is 0 Å². The van der Waals surface area contributed by atoms with Crippen LogP contribution >= 0.6 is 18.8 Å². The Labute approximate surface area is 127 Å². The summed E-state index contributed by atoms with van der Waals surface area (Å²) in [6.07, 6.45) is 1.08. The second-order valence-corrected chi connectivity index (χ2v) is 5.04. The van der Waals surface area contributed by atoms with E-state index >= 15 is 0 Å². The van der Waals surface area contributed by atoms with Crippen LogP contribution in [0.2, 0.25) is 0 Å². The van der Waals surface area contributed by atoms with Crippen molar-refractivity contribution in [3.8, 4) is 0 Å². The van der Waals surface area contributed by atoms with Crippen LogP contribution in [0.25, 0.3) is 0 Å². The number of hydrogen-bond acceptors (Lipinski definition) is 0. The van der Waals surface area contributed by atoms with Gasteiger partial charge in [0.25, 0.3) is 0 Å². The van der Waals surface area contributed by atoms with E-state index in [1.54, 1.807) is 0 Å². The monoisotopic (exact) mass is 369 g/mol. The summed E-state index contributed by atoms with van der Waals surface area (Å²) in [5.74, 6) is 0. The predicted octanol–water partition coefficient (Wildman–Crippen LogP) is 4.90. The Hall–Kier alpha value is -0.178. The van der Waals surface area contributed by atoms with Crippen molar-refractivity contribution in [1.29, 1.82) is 0 Å². The van der Waals surface area contributed by atoms with Crippen LogP contribution in [0, 0.1) is 0 Å². The average Bonchev–Trinajstić information content (AvgIpc) is 2.50. The van der Waals surface area contributed by atoms with Crippen molar-refractivity contribution in [2.75, 3.05) is 0 Å². The van der Waals surface area contributed by atoms with Gasteiger partial charge in [-0.1, -0.05) is 67.6 Å². The van der Waals surface area contributed by atoms with Gasteiger partial charge in [0.15, 0.2) is 0 Å². The van der Waals surface area contributed by atoms with Gasteiger partial charge in [-0.15, -0.1) is 9.24 Å². The molecule has 0 saturated carbocycles. The average molecular weight is 370 g/mol. The topological polar surface area (TPSA) is 0 Å². The zero-order valence-corrected chi connectivity index (χ0v) is 13.7. The summed E-state index contributed by atoms with van der Waals surface area (Å²) in [6, 6.07) is 21.3. The molecule has 3 heteroatoms. The molecule has 2 aromatic rings. The molecule has 18 heavy (non-hydrogen) atoms. The van der Waals surface area contributed by atoms with Gasteiger partial charge in [-0.25, -0.2) is 0 Å². The number of rotatable bonds is 3. The summed E-state index contributed by atoms with van der Waals surface area (Å²) >= 11 is 2.22. The second-order valence-electron chi connectivity index (χ2n) is 4.06. The standard InChI is InChI=1S/C15H17P.ClH.Pd/c1-2-15(16,13-9-5-3-6-10-13)14-11-7-4-8-12-14;;/h3-12H,2,16H2,1H3;1H;/q;;+1/p-1. The third-order valence-corrected chi connectivity index (χ3v) is 4.21. The Morgan fingerprint density at radius 3 is 1.50 bits per heavy atom. The summed E-state index contributed by atoms with van der Waals surface area (Å²) in [5.41, 5.74) is 2.71. The summed E-state index contributed by atoms with van der Waals surface area (Å²) in [7, 11) is 7.51. The second kappa shape index (κ2) is 8.09. The molecule has 0 fully saturated rings. The molecule has 0 N–H and O–H groups in total. The van der Waals surface area contributed by atoms with Crippen molar-refractivity contribution >= 4 is 18.8 Å². The Morgan fingerprint density at radius 1 is 0.889 bits per heavy atom. The van der Waals surface area contributed by atoms with Gasteiger partial charge >= 0.3 is 27.7 Å². The van der Waals surface area contributed by atoms with Crippen LogP contribution in [-0.4, -0.2) is 0 Å². The molecule has 0 heterocycles. The van der Waals surface area contributed by atoms with E-state index in [4.69, 9.17) is 0 Å².